The maximum absolute atomic E-state index is 13.7. The zero-order chi connectivity index (χ0) is 15.8. The molecule has 0 aliphatic heterocycles. The highest BCUT2D eigenvalue weighted by Gasteiger charge is 2.28. The molecular formula is C13H9ClF3NO2S. The van der Waals surface area contributed by atoms with Gasteiger partial charge in [0.2, 0.25) is 0 Å². The van der Waals surface area contributed by atoms with Crippen LogP contribution in [0.25, 0.3) is 0 Å². The summed E-state index contributed by atoms with van der Waals surface area (Å²) in [6.45, 7) is 0. The number of nitrogens with zero attached hydrogens (tertiary/aromatic N) is 1. The van der Waals surface area contributed by atoms with Gasteiger partial charge in [0.1, 0.15) is 4.90 Å². The van der Waals surface area contributed by atoms with Crippen LogP contribution in [0.4, 0.5) is 18.9 Å². The summed E-state index contributed by atoms with van der Waals surface area (Å²) in [7, 11) is -3.23. The van der Waals surface area contributed by atoms with Crippen LogP contribution in [0.15, 0.2) is 41.3 Å². The molecule has 0 saturated heterocycles. The van der Waals surface area contributed by atoms with E-state index in [1.165, 1.54) is 24.3 Å². The largest absolute Gasteiger partial charge is 0.269 e. The van der Waals surface area contributed by atoms with E-state index in [4.69, 9.17) is 11.6 Å². The average Bonchev–Trinajstić information content (AvgIpc) is 2.43. The van der Waals surface area contributed by atoms with Gasteiger partial charge in [-0.25, -0.2) is 21.6 Å². The Bertz CT molecular complexity index is 796. The van der Waals surface area contributed by atoms with Crippen LogP contribution in [0.1, 0.15) is 0 Å². The number of benzene rings is 2. The number of hydrogen-bond acceptors (Lipinski definition) is 2. The molecule has 0 heterocycles. The van der Waals surface area contributed by atoms with Gasteiger partial charge in [-0.2, -0.15) is 0 Å². The first-order valence-corrected chi connectivity index (χ1v) is 7.45. The van der Waals surface area contributed by atoms with E-state index in [1.54, 1.807) is 0 Å². The summed E-state index contributed by atoms with van der Waals surface area (Å²) in [5, 5.41) is 0.278. The fourth-order valence-electron chi connectivity index (χ4n) is 1.67. The van der Waals surface area contributed by atoms with E-state index in [0.717, 1.165) is 11.4 Å². The molecule has 3 nitrogen and oxygen atoms in total. The van der Waals surface area contributed by atoms with Crippen LogP contribution < -0.4 is 4.31 Å². The standard InChI is InChI=1S/C13H9ClF3NO2S/c1-18(9-4-2-3-8(14)7-9)21(19,20)11-6-5-10(15)12(16)13(11)17/h2-7H,1H3. The lowest BCUT2D eigenvalue weighted by Gasteiger charge is -2.20. The fourth-order valence-corrected chi connectivity index (χ4v) is 3.09. The summed E-state index contributed by atoms with van der Waals surface area (Å²) in [6, 6.07) is 7.04. The summed E-state index contributed by atoms with van der Waals surface area (Å²) in [4.78, 5) is -0.955. The predicted octanol–water partition coefficient (Wildman–Crippen LogP) is 3.58. The highest BCUT2D eigenvalue weighted by Crippen LogP contribution is 2.27. The van der Waals surface area contributed by atoms with Gasteiger partial charge >= 0.3 is 0 Å². The molecule has 0 atom stereocenters. The molecule has 0 fully saturated rings. The van der Waals surface area contributed by atoms with Gasteiger partial charge in [-0.15, -0.1) is 0 Å². The predicted molar refractivity (Wildman–Crippen MR) is 73.4 cm³/mol. The monoisotopic (exact) mass is 335 g/mol. The molecule has 112 valence electrons. The Kier molecular flexibility index (Phi) is 4.15. The molecule has 2 aromatic rings. The van der Waals surface area contributed by atoms with Crippen LogP contribution in [-0.4, -0.2) is 15.5 Å². The fraction of sp³-hybridized carbons (Fsp3) is 0.0769. The minimum atomic E-state index is -4.39. The van der Waals surface area contributed by atoms with Crippen molar-refractivity contribution in [3.8, 4) is 0 Å². The lowest BCUT2D eigenvalue weighted by atomic mass is 10.3. The normalized spacial score (nSPS) is 11.5. The van der Waals surface area contributed by atoms with Crippen molar-refractivity contribution < 1.29 is 21.6 Å². The second kappa shape index (κ2) is 5.57. The molecular weight excluding hydrogens is 327 g/mol. The van der Waals surface area contributed by atoms with Crippen molar-refractivity contribution in [3.05, 3.63) is 58.9 Å². The number of anilines is 1. The molecule has 0 radical (unpaired) electrons. The molecule has 2 aromatic carbocycles. The van der Waals surface area contributed by atoms with E-state index in [0.29, 0.717) is 12.1 Å². The minimum Gasteiger partial charge on any atom is -0.269 e. The smallest absolute Gasteiger partial charge is 0.267 e. The van der Waals surface area contributed by atoms with Crippen molar-refractivity contribution in [2.75, 3.05) is 11.4 Å². The molecule has 0 saturated carbocycles. The maximum atomic E-state index is 13.7. The molecule has 0 amide bonds. The first-order valence-electron chi connectivity index (χ1n) is 5.63. The van der Waals surface area contributed by atoms with Crippen LogP contribution in [0.5, 0.6) is 0 Å². The molecule has 0 aromatic heterocycles. The van der Waals surface area contributed by atoms with Gasteiger partial charge in [-0.3, -0.25) is 4.31 Å². The van der Waals surface area contributed by atoms with E-state index < -0.39 is 32.4 Å². The molecule has 0 N–H and O–H groups in total. The molecule has 8 heteroatoms. The molecule has 0 unspecified atom stereocenters. The van der Waals surface area contributed by atoms with Gasteiger partial charge < -0.3 is 0 Å². The quantitative estimate of drug-likeness (QED) is 0.804. The molecule has 0 bridgehead atoms. The lowest BCUT2D eigenvalue weighted by Crippen LogP contribution is -2.27. The Labute approximate surface area is 124 Å². The van der Waals surface area contributed by atoms with E-state index in [2.05, 4.69) is 0 Å². The Morgan fingerprint density at radius 1 is 1.05 bits per heavy atom. The van der Waals surface area contributed by atoms with Gasteiger partial charge in [0.15, 0.2) is 17.5 Å². The highest BCUT2D eigenvalue weighted by molar-refractivity contribution is 7.92. The van der Waals surface area contributed by atoms with Gasteiger partial charge in [0, 0.05) is 12.1 Å². The summed E-state index contributed by atoms with van der Waals surface area (Å²) in [5.41, 5.74) is 0.159. The topological polar surface area (TPSA) is 37.4 Å². The average molecular weight is 336 g/mol. The summed E-state index contributed by atoms with van der Waals surface area (Å²) in [6.07, 6.45) is 0. The maximum Gasteiger partial charge on any atom is 0.267 e. The van der Waals surface area contributed by atoms with E-state index in [1.807, 2.05) is 0 Å². The molecule has 0 spiro atoms. The first-order chi connectivity index (χ1) is 9.75. The zero-order valence-electron chi connectivity index (χ0n) is 10.6. The van der Waals surface area contributed by atoms with Crippen LogP contribution in [0.3, 0.4) is 0 Å². The van der Waals surface area contributed by atoms with Crippen molar-refractivity contribution in [1.82, 2.24) is 0 Å². The molecule has 21 heavy (non-hydrogen) atoms. The summed E-state index contributed by atoms with van der Waals surface area (Å²) in [5.74, 6) is -5.06. The van der Waals surface area contributed by atoms with Crippen molar-refractivity contribution >= 4 is 27.3 Å². The van der Waals surface area contributed by atoms with Crippen molar-refractivity contribution in [2.24, 2.45) is 0 Å². The molecule has 0 aliphatic rings. The van der Waals surface area contributed by atoms with Crippen LogP contribution in [-0.2, 0) is 10.0 Å². The number of rotatable bonds is 3. The van der Waals surface area contributed by atoms with Crippen LogP contribution >= 0.6 is 11.6 Å². The summed E-state index contributed by atoms with van der Waals surface area (Å²) >= 11 is 5.76. The van der Waals surface area contributed by atoms with Gasteiger partial charge in [-0.05, 0) is 30.3 Å². The van der Waals surface area contributed by atoms with Crippen molar-refractivity contribution in [3.63, 3.8) is 0 Å². The third-order valence-corrected chi connectivity index (χ3v) is 4.85. The second-order valence-electron chi connectivity index (χ2n) is 4.13. The van der Waals surface area contributed by atoms with Gasteiger partial charge in [0.05, 0.1) is 5.69 Å². The number of halogens is 4. The van der Waals surface area contributed by atoms with E-state index >= 15 is 0 Å². The SMILES string of the molecule is CN(c1cccc(Cl)c1)S(=O)(=O)c1ccc(F)c(F)c1F. The molecule has 2 rings (SSSR count). The third kappa shape index (κ3) is 2.84. The highest BCUT2D eigenvalue weighted by atomic mass is 35.5. The second-order valence-corrected chi connectivity index (χ2v) is 6.50. The van der Waals surface area contributed by atoms with Crippen molar-refractivity contribution in [1.29, 1.82) is 0 Å². The van der Waals surface area contributed by atoms with Gasteiger partial charge in [-0.1, -0.05) is 17.7 Å². The van der Waals surface area contributed by atoms with Gasteiger partial charge in [0.25, 0.3) is 10.0 Å². The van der Waals surface area contributed by atoms with E-state index in [-0.39, 0.29) is 10.7 Å². The Balaban J connectivity index is 2.55. The first kappa shape index (κ1) is 15.7. The zero-order valence-corrected chi connectivity index (χ0v) is 12.2. The lowest BCUT2D eigenvalue weighted by molar-refractivity contribution is 0.432. The Hall–Kier alpha value is -1.73. The number of hydrogen-bond donors (Lipinski definition) is 0. The Morgan fingerprint density at radius 3 is 2.33 bits per heavy atom. The van der Waals surface area contributed by atoms with Crippen LogP contribution in [0, 0.1) is 17.5 Å². The number of sulfonamides is 1. The van der Waals surface area contributed by atoms with E-state index in [9.17, 15) is 21.6 Å². The Morgan fingerprint density at radius 2 is 1.71 bits per heavy atom. The molecule has 0 aliphatic carbocycles. The summed E-state index contributed by atoms with van der Waals surface area (Å²) < 4.78 is 65.0. The van der Waals surface area contributed by atoms with Crippen molar-refractivity contribution in [2.45, 2.75) is 4.90 Å². The van der Waals surface area contributed by atoms with Crippen LogP contribution in [0.2, 0.25) is 5.02 Å². The third-order valence-electron chi connectivity index (χ3n) is 2.81. The minimum absolute atomic E-state index is 0.159.